The maximum absolute atomic E-state index is 12.2. The van der Waals surface area contributed by atoms with Gasteiger partial charge in [0.2, 0.25) is 0 Å². The van der Waals surface area contributed by atoms with Crippen molar-refractivity contribution in [1.82, 2.24) is 4.98 Å². The van der Waals surface area contributed by atoms with E-state index in [4.69, 9.17) is 16.3 Å². The standard InChI is InChI=1S/C18H16ClN3O2S/c1-2-24-15-9-7-14(8-10-15)21-18-22-16(11-25-18)17(23)20-13-5-3-12(19)4-6-13/h3-11H,2H2,1H3,(H,20,23)(H,21,22). The molecular weight excluding hydrogens is 358 g/mol. The summed E-state index contributed by atoms with van der Waals surface area (Å²) in [7, 11) is 0. The number of ether oxygens (including phenoxy) is 1. The van der Waals surface area contributed by atoms with E-state index in [2.05, 4.69) is 15.6 Å². The Kier molecular flexibility index (Phi) is 5.53. The number of thiazole rings is 1. The average Bonchev–Trinajstić information content (AvgIpc) is 3.08. The van der Waals surface area contributed by atoms with E-state index in [0.29, 0.717) is 28.1 Å². The van der Waals surface area contributed by atoms with Gasteiger partial charge in [-0.3, -0.25) is 4.79 Å². The third-order valence-corrected chi connectivity index (χ3v) is 4.27. The molecule has 0 saturated carbocycles. The lowest BCUT2D eigenvalue weighted by Gasteiger charge is -2.05. The number of nitrogens with zero attached hydrogens (tertiary/aromatic N) is 1. The van der Waals surface area contributed by atoms with Gasteiger partial charge in [0.25, 0.3) is 5.91 Å². The van der Waals surface area contributed by atoms with Crippen LogP contribution in [-0.2, 0) is 0 Å². The first-order valence-corrected chi connectivity index (χ1v) is 8.92. The molecule has 0 unspecified atom stereocenters. The molecule has 0 fully saturated rings. The first kappa shape index (κ1) is 17.3. The number of nitrogens with one attached hydrogen (secondary N) is 2. The number of halogens is 1. The summed E-state index contributed by atoms with van der Waals surface area (Å²) < 4.78 is 5.41. The molecule has 1 heterocycles. The first-order chi connectivity index (χ1) is 12.1. The van der Waals surface area contributed by atoms with E-state index < -0.39 is 0 Å². The van der Waals surface area contributed by atoms with Crippen LogP contribution in [0.1, 0.15) is 17.4 Å². The van der Waals surface area contributed by atoms with E-state index in [9.17, 15) is 4.79 Å². The zero-order valence-electron chi connectivity index (χ0n) is 13.5. The Bertz CT molecular complexity index is 848. The SMILES string of the molecule is CCOc1ccc(Nc2nc(C(=O)Nc3ccc(Cl)cc3)cs2)cc1. The lowest BCUT2D eigenvalue weighted by atomic mass is 10.3. The Labute approximate surface area is 154 Å². The van der Waals surface area contributed by atoms with Crippen LogP contribution in [0.5, 0.6) is 5.75 Å². The highest BCUT2D eigenvalue weighted by Crippen LogP contribution is 2.23. The number of carbonyl (C=O) groups is 1. The third kappa shape index (κ3) is 4.71. The van der Waals surface area contributed by atoms with Gasteiger partial charge in [0.1, 0.15) is 11.4 Å². The fourth-order valence-corrected chi connectivity index (χ4v) is 2.93. The van der Waals surface area contributed by atoms with Crippen molar-refractivity contribution < 1.29 is 9.53 Å². The zero-order chi connectivity index (χ0) is 17.6. The van der Waals surface area contributed by atoms with Gasteiger partial charge in [0.05, 0.1) is 6.61 Å². The van der Waals surface area contributed by atoms with Crippen LogP contribution in [0.4, 0.5) is 16.5 Å². The third-order valence-electron chi connectivity index (χ3n) is 3.26. The molecule has 128 valence electrons. The van der Waals surface area contributed by atoms with Gasteiger partial charge in [-0.05, 0) is 55.5 Å². The maximum atomic E-state index is 12.2. The Morgan fingerprint density at radius 2 is 1.80 bits per heavy atom. The van der Waals surface area contributed by atoms with E-state index in [1.165, 1.54) is 11.3 Å². The minimum atomic E-state index is -0.265. The number of hydrogen-bond donors (Lipinski definition) is 2. The molecule has 2 N–H and O–H groups in total. The molecule has 3 rings (SSSR count). The molecule has 7 heteroatoms. The minimum Gasteiger partial charge on any atom is -0.494 e. The van der Waals surface area contributed by atoms with E-state index in [0.717, 1.165) is 11.4 Å². The van der Waals surface area contributed by atoms with Crippen LogP contribution in [0.2, 0.25) is 5.02 Å². The Morgan fingerprint density at radius 1 is 1.12 bits per heavy atom. The van der Waals surface area contributed by atoms with Crippen LogP contribution in [0.25, 0.3) is 0 Å². The fraction of sp³-hybridized carbons (Fsp3) is 0.111. The van der Waals surface area contributed by atoms with Crippen molar-refractivity contribution in [3.63, 3.8) is 0 Å². The van der Waals surface area contributed by atoms with Crippen LogP contribution in [0.15, 0.2) is 53.9 Å². The largest absolute Gasteiger partial charge is 0.494 e. The molecular formula is C18H16ClN3O2S. The Hall–Kier alpha value is -2.57. The summed E-state index contributed by atoms with van der Waals surface area (Å²) in [5.74, 6) is 0.550. The van der Waals surface area contributed by atoms with Gasteiger partial charge in [0, 0.05) is 21.8 Å². The highest BCUT2D eigenvalue weighted by molar-refractivity contribution is 7.14. The highest BCUT2D eigenvalue weighted by atomic mass is 35.5. The number of anilines is 3. The maximum Gasteiger partial charge on any atom is 0.275 e. The number of rotatable bonds is 6. The summed E-state index contributed by atoms with van der Waals surface area (Å²) in [5, 5.41) is 8.93. The molecule has 0 aliphatic heterocycles. The molecule has 0 bridgehead atoms. The molecule has 1 amide bonds. The van der Waals surface area contributed by atoms with Gasteiger partial charge >= 0.3 is 0 Å². The van der Waals surface area contributed by atoms with Crippen LogP contribution < -0.4 is 15.4 Å². The molecule has 1 aromatic heterocycles. The first-order valence-electron chi connectivity index (χ1n) is 7.66. The fourth-order valence-electron chi connectivity index (χ4n) is 2.09. The number of hydrogen-bond acceptors (Lipinski definition) is 5. The molecule has 2 aromatic carbocycles. The van der Waals surface area contributed by atoms with Crippen molar-refractivity contribution in [2.75, 3.05) is 17.2 Å². The van der Waals surface area contributed by atoms with E-state index in [1.54, 1.807) is 29.6 Å². The van der Waals surface area contributed by atoms with Gasteiger partial charge in [-0.25, -0.2) is 4.98 Å². The van der Waals surface area contributed by atoms with Crippen LogP contribution in [0.3, 0.4) is 0 Å². The predicted molar refractivity (Wildman–Crippen MR) is 102 cm³/mol. The number of carbonyl (C=O) groups excluding carboxylic acids is 1. The minimum absolute atomic E-state index is 0.265. The Morgan fingerprint density at radius 3 is 2.48 bits per heavy atom. The van der Waals surface area contributed by atoms with Gasteiger partial charge in [-0.1, -0.05) is 11.6 Å². The molecule has 0 saturated heterocycles. The van der Waals surface area contributed by atoms with Gasteiger partial charge in [0.15, 0.2) is 5.13 Å². The molecule has 0 spiro atoms. The number of amides is 1. The van der Waals surface area contributed by atoms with E-state index in [-0.39, 0.29) is 5.91 Å². The summed E-state index contributed by atoms with van der Waals surface area (Å²) >= 11 is 7.20. The zero-order valence-corrected chi connectivity index (χ0v) is 15.0. The second-order valence-electron chi connectivity index (χ2n) is 5.08. The topological polar surface area (TPSA) is 63.2 Å². The van der Waals surface area contributed by atoms with Crippen LogP contribution in [-0.4, -0.2) is 17.5 Å². The van der Waals surface area contributed by atoms with E-state index in [1.807, 2.05) is 31.2 Å². The summed E-state index contributed by atoms with van der Waals surface area (Å²) in [6, 6.07) is 14.5. The lowest BCUT2D eigenvalue weighted by Crippen LogP contribution is -2.12. The van der Waals surface area contributed by atoms with Crippen molar-refractivity contribution in [3.8, 4) is 5.75 Å². The molecule has 0 aliphatic carbocycles. The van der Waals surface area contributed by atoms with Gasteiger partial charge < -0.3 is 15.4 Å². The van der Waals surface area contributed by atoms with Crippen molar-refractivity contribution in [2.45, 2.75) is 6.92 Å². The smallest absolute Gasteiger partial charge is 0.275 e. The second-order valence-corrected chi connectivity index (χ2v) is 6.38. The van der Waals surface area contributed by atoms with Crippen molar-refractivity contribution in [3.05, 3.63) is 64.6 Å². The molecule has 5 nitrogen and oxygen atoms in total. The monoisotopic (exact) mass is 373 g/mol. The Balaban J connectivity index is 1.63. The molecule has 25 heavy (non-hydrogen) atoms. The van der Waals surface area contributed by atoms with Crippen molar-refractivity contribution in [1.29, 1.82) is 0 Å². The molecule has 0 atom stereocenters. The van der Waals surface area contributed by atoms with Crippen molar-refractivity contribution in [2.24, 2.45) is 0 Å². The second kappa shape index (κ2) is 8.00. The van der Waals surface area contributed by atoms with Gasteiger partial charge in [-0.15, -0.1) is 11.3 Å². The van der Waals surface area contributed by atoms with Crippen LogP contribution >= 0.6 is 22.9 Å². The lowest BCUT2D eigenvalue weighted by molar-refractivity contribution is 0.102. The average molecular weight is 374 g/mol. The summed E-state index contributed by atoms with van der Waals surface area (Å²) in [5.41, 5.74) is 1.90. The number of benzene rings is 2. The summed E-state index contributed by atoms with van der Waals surface area (Å²) in [6.07, 6.45) is 0. The summed E-state index contributed by atoms with van der Waals surface area (Å²) in [6.45, 7) is 2.57. The predicted octanol–water partition coefficient (Wildman–Crippen LogP) is 5.19. The summed E-state index contributed by atoms with van der Waals surface area (Å²) in [4.78, 5) is 16.6. The van der Waals surface area contributed by atoms with E-state index >= 15 is 0 Å². The van der Waals surface area contributed by atoms with Crippen LogP contribution in [0, 0.1) is 0 Å². The molecule has 3 aromatic rings. The quantitative estimate of drug-likeness (QED) is 0.624. The normalized spacial score (nSPS) is 10.3. The number of aromatic nitrogens is 1. The molecule has 0 aliphatic rings. The highest BCUT2D eigenvalue weighted by Gasteiger charge is 2.11. The van der Waals surface area contributed by atoms with Crippen molar-refractivity contribution >= 4 is 45.4 Å². The van der Waals surface area contributed by atoms with Gasteiger partial charge in [-0.2, -0.15) is 0 Å². The molecule has 0 radical (unpaired) electrons.